The number of nitrogens with zero attached hydrogens (tertiary/aromatic N) is 2. The van der Waals surface area contributed by atoms with E-state index in [2.05, 4.69) is 18.7 Å². The largest absolute Gasteiger partial charge is 0.192 e. The molecule has 0 aliphatic heterocycles. The van der Waals surface area contributed by atoms with Gasteiger partial charge in [-0.1, -0.05) is 0 Å². The highest BCUT2D eigenvalue weighted by Crippen LogP contribution is 2.32. The van der Waals surface area contributed by atoms with E-state index in [0.29, 0.717) is 16.0 Å². The van der Waals surface area contributed by atoms with Gasteiger partial charge < -0.3 is 0 Å². The smallest absolute Gasteiger partial charge is 0.100 e. The Morgan fingerprint density at radius 1 is 1.21 bits per heavy atom. The van der Waals surface area contributed by atoms with Gasteiger partial charge in [0.05, 0.1) is 21.9 Å². The van der Waals surface area contributed by atoms with Gasteiger partial charge in [-0.3, -0.25) is 0 Å². The van der Waals surface area contributed by atoms with Gasteiger partial charge in [0.15, 0.2) is 0 Å². The summed E-state index contributed by atoms with van der Waals surface area (Å²) in [7, 11) is 0. The first kappa shape index (κ1) is 9.08. The monoisotopic (exact) mass is 216 g/mol. The van der Waals surface area contributed by atoms with Crippen LogP contribution in [0.4, 0.5) is 0 Å². The van der Waals surface area contributed by atoms with Gasteiger partial charge in [-0.2, -0.15) is 10.5 Å². The van der Waals surface area contributed by atoms with Crippen LogP contribution in [0.3, 0.4) is 0 Å². The predicted octanol–water partition coefficient (Wildman–Crippen LogP) is 2.93. The number of hydrogen-bond donors (Lipinski definition) is 1. The Morgan fingerprint density at radius 2 is 1.93 bits per heavy atom. The molecule has 2 aromatic rings. The van der Waals surface area contributed by atoms with Crippen LogP contribution in [-0.4, -0.2) is 0 Å². The molecule has 0 fully saturated rings. The fraction of sp³-hybridized carbons (Fsp3) is 0. The molecule has 0 aliphatic carbocycles. The molecule has 0 N–H and O–H groups in total. The molecule has 2 rings (SSSR count). The van der Waals surface area contributed by atoms with E-state index in [4.69, 9.17) is 10.5 Å². The number of fused-ring (bicyclic) bond motifs is 1. The molecular formula is C10H4N2S2. The van der Waals surface area contributed by atoms with Crippen molar-refractivity contribution in [1.82, 2.24) is 0 Å². The van der Waals surface area contributed by atoms with E-state index in [1.165, 1.54) is 11.3 Å². The molecule has 2 nitrogen and oxygen atoms in total. The molecule has 0 saturated carbocycles. The van der Waals surface area contributed by atoms with Gasteiger partial charge >= 0.3 is 0 Å². The van der Waals surface area contributed by atoms with Crippen LogP contribution >= 0.6 is 24.0 Å². The SMILES string of the molecule is N#Cc1cc(C#N)c2ccsc2c1S. The van der Waals surface area contributed by atoms with E-state index in [-0.39, 0.29) is 0 Å². The van der Waals surface area contributed by atoms with Gasteiger partial charge in [-0.25, -0.2) is 0 Å². The second-order valence-electron chi connectivity index (χ2n) is 2.71. The Hall–Kier alpha value is -1.49. The molecule has 1 heterocycles. The maximum atomic E-state index is 8.89. The summed E-state index contributed by atoms with van der Waals surface area (Å²) in [5, 5.41) is 20.5. The van der Waals surface area contributed by atoms with Gasteiger partial charge in [-0.05, 0) is 17.5 Å². The van der Waals surface area contributed by atoms with Crippen LogP contribution in [-0.2, 0) is 0 Å². The van der Waals surface area contributed by atoms with E-state index >= 15 is 0 Å². The zero-order chi connectivity index (χ0) is 10.1. The molecule has 0 radical (unpaired) electrons. The maximum Gasteiger partial charge on any atom is 0.100 e. The van der Waals surface area contributed by atoms with Crippen molar-refractivity contribution in [2.45, 2.75) is 4.90 Å². The van der Waals surface area contributed by atoms with E-state index in [0.717, 1.165) is 10.1 Å². The number of thiophene rings is 1. The van der Waals surface area contributed by atoms with E-state index < -0.39 is 0 Å². The quantitative estimate of drug-likeness (QED) is 0.688. The van der Waals surface area contributed by atoms with Gasteiger partial charge in [0.2, 0.25) is 0 Å². The number of rotatable bonds is 0. The van der Waals surface area contributed by atoms with Crippen LogP contribution in [0.25, 0.3) is 10.1 Å². The predicted molar refractivity (Wildman–Crippen MR) is 58.5 cm³/mol. The molecule has 66 valence electrons. The van der Waals surface area contributed by atoms with Crippen molar-refractivity contribution in [1.29, 1.82) is 10.5 Å². The summed E-state index contributed by atoms with van der Waals surface area (Å²) in [4.78, 5) is 0.663. The number of hydrogen-bond acceptors (Lipinski definition) is 4. The first-order valence-corrected chi connectivity index (χ1v) is 5.14. The molecular weight excluding hydrogens is 212 g/mol. The van der Waals surface area contributed by atoms with Crippen LogP contribution in [0.5, 0.6) is 0 Å². The van der Waals surface area contributed by atoms with Crippen molar-refractivity contribution in [3.63, 3.8) is 0 Å². The fourth-order valence-corrected chi connectivity index (χ4v) is 2.56. The first-order chi connectivity index (χ1) is 6.77. The zero-order valence-corrected chi connectivity index (χ0v) is 8.69. The lowest BCUT2D eigenvalue weighted by Crippen LogP contribution is -1.83. The lowest BCUT2D eigenvalue weighted by Gasteiger charge is -1.99. The number of thiol groups is 1. The maximum absolute atomic E-state index is 8.89. The highest BCUT2D eigenvalue weighted by molar-refractivity contribution is 7.80. The summed E-state index contributed by atoms with van der Waals surface area (Å²) in [5.41, 5.74) is 0.996. The molecule has 0 saturated heterocycles. The lowest BCUT2D eigenvalue weighted by molar-refractivity contribution is 1.41. The first-order valence-electron chi connectivity index (χ1n) is 3.81. The zero-order valence-electron chi connectivity index (χ0n) is 6.98. The molecule has 0 amide bonds. The van der Waals surface area contributed by atoms with Crippen LogP contribution in [0.1, 0.15) is 11.1 Å². The molecule has 0 unspecified atom stereocenters. The lowest BCUT2D eigenvalue weighted by atomic mass is 10.1. The van der Waals surface area contributed by atoms with Crippen LogP contribution < -0.4 is 0 Å². The van der Waals surface area contributed by atoms with Crippen LogP contribution in [0.2, 0.25) is 0 Å². The molecule has 0 bridgehead atoms. The Kier molecular flexibility index (Phi) is 2.17. The van der Waals surface area contributed by atoms with Crippen molar-refractivity contribution in [2.24, 2.45) is 0 Å². The van der Waals surface area contributed by atoms with Gasteiger partial charge in [0, 0.05) is 10.3 Å². The summed E-state index contributed by atoms with van der Waals surface area (Å²) in [6.07, 6.45) is 0. The fourth-order valence-electron chi connectivity index (χ4n) is 1.30. The second kappa shape index (κ2) is 3.34. The summed E-state index contributed by atoms with van der Waals surface area (Å²) in [5.74, 6) is 0. The molecule has 0 atom stereocenters. The molecule has 14 heavy (non-hydrogen) atoms. The minimum Gasteiger partial charge on any atom is -0.192 e. The average molecular weight is 216 g/mol. The standard InChI is InChI=1S/C10H4N2S2/c11-4-6-3-7(5-12)9(13)10-8(6)1-2-14-10/h1-3,13H. The Labute approximate surface area is 90.4 Å². The van der Waals surface area contributed by atoms with Crippen molar-refractivity contribution in [2.75, 3.05) is 0 Å². The molecule has 1 aromatic heterocycles. The Bertz CT molecular complexity index is 584. The minimum absolute atomic E-state index is 0.458. The van der Waals surface area contributed by atoms with Crippen molar-refractivity contribution in [3.8, 4) is 12.1 Å². The number of nitriles is 2. The average Bonchev–Trinajstić information content (AvgIpc) is 2.68. The highest BCUT2D eigenvalue weighted by atomic mass is 32.1. The third-order valence-corrected chi connectivity index (χ3v) is 3.50. The van der Waals surface area contributed by atoms with E-state index in [1.54, 1.807) is 6.07 Å². The highest BCUT2D eigenvalue weighted by Gasteiger charge is 2.09. The van der Waals surface area contributed by atoms with Gasteiger partial charge in [-0.15, -0.1) is 24.0 Å². The Balaban J connectivity index is 2.98. The summed E-state index contributed by atoms with van der Waals surface area (Å²) in [6.45, 7) is 0. The van der Waals surface area contributed by atoms with Crippen molar-refractivity contribution in [3.05, 3.63) is 28.6 Å². The molecule has 0 aliphatic rings. The molecule has 1 aromatic carbocycles. The normalized spacial score (nSPS) is 9.64. The van der Waals surface area contributed by atoms with E-state index in [9.17, 15) is 0 Å². The Morgan fingerprint density at radius 3 is 2.57 bits per heavy atom. The summed E-state index contributed by atoms with van der Waals surface area (Å²) < 4.78 is 0.906. The minimum atomic E-state index is 0.458. The van der Waals surface area contributed by atoms with Gasteiger partial charge in [0.1, 0.15) is 6.07 Å². The topological polar surface area (TPSA) is 47.6 Å². The number of benzene rings is 1. The van der Waals surface area contributed by atoms with Crippen molar-refractivity contribution >= 4 is 34.1 Å². The molecule has 4 heteroatoms. The van der Waals surface area contributed by atoms with Gasteiger partial charge in [0.25, 0.3) is 0 Å². The summed E-state index contributed by atoms with van der Waals surface area (Å²) in [6, 6.07) is 7.57. The third kappa shape index (κ3) is 1.17. The van der Waals surface area contributed by atoms with Crippen LogP contribution in [0.15, 0.2) is 22.4 Å². The van der Waals surface area contributed by atoms with Crippen molar-refractivity contribution < 1.29 is 0 Å². The molecule has 0 spiro atoms. The van der Waals surface area contributed by atoms with E-state index in [1.807, 2.05) is 17.5 Å². The third-order valence-electron chi connectivity index (χ3n) is 1.96. The second-order valence-corrected chi connectivity index (χ2v) is 4.07. The van der Waals surface area contributed by atoms with Crippen LogP contribution in [0, 0.1) is 22.7 Å². The summed E-state index contributed by atoms with van der Waals surface area (Å²) >= 11 is 5.77.